The van der Waals surface area contributed by atoms with Crippen LogP contribution >= 0.6 is 0 Å². The summed E-state index contributed by atoms with van der Waals surface area (Å²) in [5.41, 5.74) is 4.25. The van der Waals surface area contributed by atoms with Crippen LogP contribution in [0.1, 0.15) is 52.0 Å². The number of benzene rings is 2. The fraction of sp³-hybridized carbons (Fsp3) is 0.360. The Morgan fingerprint density at radius 3 is 2.19 bits per heavy atom. The summed E-state index contributed by atoms with van der Waals surface area (Å²) in [6, 6.07) is 11.2. The number of esters is 1. The van der Waals surface area contributed by atoms with Crippen LogP contribution in [0.25, 0.3) is 5.57 Å². The highest BCUT2D eigenvalue weighted by atomic mass is 16.8. The molecule has 1 heterocycles. The van der Waals surface area contributed by atoms with Crippen LogP contribution in [0.3, 0.4) is 0 Å². The number of aryl methyl sites for hydroxylation is 4. The largest absolute Gasteiger partial charge is 0.424 e. The van der Waals surface area contributed by atoms with Crippen molar-refractivity contribution < 1.29 is 23.9 Å². The van der Waals surface area contributed by atoms with E-state index in [1.165, 1.54) is 12.2 Å². The fourth-order valence-corrected chi connectivity index (χ4v) is 4.10. The lowest BCUT2D eigenvalue weighted by Crippen LogP contribution is -2.44. The molecule has 3 rings (SSSR count). The maximum Gasteiger partial charge on any atom is 0.343 e. The highest BCUT2D eigenvalue weighted by Gasteiger charge is 2.50. The lowest BCUT2D eigenvalue weighted by Gasteiger charge is -2.31. The van der Waals surface area contributed by atoms with Gasteiger partial charge in [-0.1, -0.05) is 35.9 Å². The molecular weight excluding hydrogens is 394 g/mol. The maximum atomic E-state index is 13.5. The second-order valence-corrected chi connectivity index (χ2v) is 8.38. The number of amides is 1. The molecule has 0 bridgehead atoms. The zero-order valence-corrected chi connectivity index (χ0v) is 19.2. The van der Waals surface area contributed by atoms with Crippen LogP contribution in [-0.2, 0) is 19.1 Å². The molecule has 0 aromatic heterocycles. The Labute approximate surface area is 183 Å². The van der Waals surface area contributed by atoms with E-state index in [0.717, 1.165) is 27.8 Å². The quantitative estimate of drug-likeness (QED) is 0.500. The number of methoxy groups -OCH3 is 1. The van der Waals surface area contributed by atoms with Gasteiger partial charge in [-0.05, 0) is 69.9 Å². The fourth-order valence-electron chi connectivity index (χ4n) is 4.10. The molecule has 0 atom stereocenters. The summed E-state index contributed by atoms with van der Waals surface area (Å²) in [6.07, 6.45) is 0. The topological polar surface area (TPSA) is 65.1 Å². The van der Waals surface area contributed by atoms with Gasteiger partial charge in [0.1, 0.15) is 11.3 Å². The molecule has 0 saturated heterocycles. The van der Waals surface area contributed by atoms with Gasteiger partial charge in [0.25, 0.3) is 5.91 Å². The Morgan fingerprint density at radius 2 is 1.61 bits per heavy atom. The number of carbonyl (C=O) groups excluding carboxylic acids is 2. The predicted octanol–water partition coefficient (Wildman–Crippen LogP) is 4.64. The van der Waals surface area contributed by atoms with Gasteiger partial charge in [-0.15, -0.1) is 0 Å². The molecule has 1 aliphatic rings. The summed E-state index contributed by atoms with van der Waals surface area (Å²) >= 11 is 0. The monoisotopic (exact) mass is 423 g/mol. The summed E-state index contributed by atoms with van der Waals surface area (Å²) in [7, 11) is 1.48. The Balaban J connectivity index is 2.18. The van der Waals surface area contributed by atoms with Gasteiger partial charge >= 0.3 is 5.97 Å². The molecule has 0 spiro atoms. The molecule has 2 aromatic carbocycles. The van der Waals surface area contributed by atoms with Gasteiger partial charge < -0.3 is 9.47 Å². The first-order valence-corrected chi connectivity index (χ1v) is 10.2. The van der Waals surface area contributed by atoms with Crippen LogP contribution < -0.4 is 0 Å². The second kappa shape index (κ2) is 8.65. The molecule has 164 valence electrons. The van der Waals surface area contributed by atoms with E-state index in [0.29, 0.717) is 11.1 Å². The van der Waals surface area contributed by atoms with E-state index in [1.54, 1.807) is 26.0 Å². The second-order valence-electron chi connectivity index (χ2n) is 8.38. The smallest absolute Gasteiger partial charge is 0.343 e. The minimum absolute atomic E-state index is 0.104. The minimum atomic E-state index is -1.02. The number of hydrogen-bond acceptors (Lipinski definition) is 5. The number of hydrogen-bond donors (Lipinski definition) is 0. The van der Waals surface area contributed by atoms with E-state index < -0.39 is 11.5 Å². The summed E-state index contributed by atoms with van der Waals surface area (Å²) in [5.74, 6) is -0.621. The molecule has 0 unspecified atom stereocenters. The normalized spacial score (nSPS) is 15.6. The molecule has 1 aliphatic heterocycles. The third kappa shape index (κ3) is 4.13. The van der Waals surface area contributed by atoms with Crippen molar-refractivity contribution in [2.45, 2.75) is 47.1 Å². The summed E-state index contributed by atoms with van der Waals surface area (Å²) in [4.78, 5) is 32.2. The van der Waals surface area contributed by atoms with Crippen LogP contribution in [0, 0.1) is 27.7 Å². The Morgan fingerprint density at radius 1 is 1.00 bits per heavy atom. The number of nitrogens with zero attached hydrogens (tertiary/aromatic N) is 1. The van der Waals surface area contributed by atoms with Crippen molar-refractivity contribution in [2.75, 3.05) is 13.9 Å². The average molecular weight is 424 g/mol. The number of carbonyl (C=O) groups is 2. The van der Waals surface area contributed by atoms with Crippen molar-refractivity contribution in [2.24, 2.45) is 0 Å². The standard InChI is InChI=1S/C25H29NO5/c1-15-12-17(3)20(18(4)13-15)21-22(25(5,6)26(23(21)27)30-14-29-7)31-24(28)19-11-9-8-10-16(19)2/h8-13H,14H2,1-7H3. The molecule has 6 nitrogen and oxygen atoms in total. The highest BCUT2D eigenvalue weighted by Crippen LogP contribution is 2.43. The van der Waals surface area contributed by atoms with Crippen molar-refractivity contribution in [1.29, 1.82) is 0 Å². The molecule has 2 aromatic rings. The van der Waals surface area contributed by atoms with E-state index in [-0.39, 0.29) is 18.5 Å². The molecule has 1 amide bonds. The third-order valence-electron chi connectivity index (χ3n) is 5.48. The first-order chi connectivity index (χ1) is 14.6. The van der Waals surface area contributed by atoms with E-state index in [4.69, 9.17) is 14.3 Å². The predicted molar refractivity (Wildman–Crippen MR) is 118 cm³/mol. The van der Waals surface area contributed by atoms with E-state index in [2.05, 4.69) is 0 Å². The van der Waals surface area contributed by atoms with Crippen molar-refractivity contribution in [3.63, 3.8) is 0 Å². The molecule has 0 fully saturated rings. The van der Waals surface area contributed by atoms with Crippen LogP contribution in [0.2, 0.25) is 0 Å². The Bertz CT molecular complexity index is 1040. The first-order valence-electron chi connectivity index (χ1n) is 10.2. The van der Waals surface area contributed by atoms with Crippen LogP contribution in [0.15, 0.2) is 42.2 Å². The molecule has 0 aliphatic carbocycles. The van der Waals surface area contributed by atoms with Gasteiger partial charge in [-0.3, -0.25) is 4.79 Å². The third-order valence-corrected chi connectivity index (χ3v) is 5.48. The van der Waals surface area contributed by atoms with Gasteiger partial charge in [-0.25, -0.2) is 14.7 Å². The zero-order chi connectivity index (χ0) is 22.9. The molecule has 0 saturated carbocycles. The Hall–Kier alpha value is -2.96. The summed E-state index contributed by atoms with van der Waals surface area (Å²) < 4.78 is 10.9. The lowest BCUT2D eigenvalue weighted by molar-refractivity contribution is -0.238. The zero-order valence-electron chi connectivity index (χ0n) is 19.2. The van der Waals surface area contributed by atoms with E-state index >= 15 is 0 Å². The number of rotatable bonds is 6. The van der Waals surface area contributed by atoms with E-state index in [1.807, 2.05) is 52.0 Å². The van der Waals surface area contributed by atoms with Crippen molar-refractivity contribution in [1.82, 2.24) is 5.06 Å². The molecule has 31 heavy (non-hydrogen) atoms. The summed E-state index contributed by atoms with van der Waals surface area (Å²) in [6.45, 7) is 11.2. The lowest BCUT2D eigenvalue weighted by atomic mass is 9.91. The van der Waals surface area contributed by atoms with Gasteiger partial charge in [0.2, 0.25) is 0 Å². The van der Waals surface area contributed by atoms with Crippen LogP contribution in [0.5, 0.6) is 0 Å². The highest BCUT2D eigenvalue weighted by molar-refractivity contribution is 6.23. The van der Waals surface area contributed by atoms with Crippen molar-refractivity contribution >= 4 is 17.4 Å². The van der Waals surface area contributed by atoms with Gasteiger partial charge in [0.05, 0.1) is 11.1 Å². The molecule has 0 radical (unpaired) electrons. The van der Waals surface area contributed by atoms with Gasteiger partial charge in [-0.2, -0.15) is 0 Å². The molecule has 0 N–H and O–H groups in total. The Kier molecular flexibility index (Phi) is 6.34. The van der Waals surface area contributed by atoms with E-state index in [9.17, 15) is 9.59 Å². The SMILES string of the molecule is COCON1C(=O)C(c2c(C)cc(C)cc2C)=C(OC(=O)c2ccccc2C)C1(C)C. The average Bonchev–Trinajstić information content (AvgIpc) is 2.86. The van der Waals surface area contributed by atoms with Crippen LogP contribution in [-0.4, -0.2) is 36.4 Å². The molecule has 6 heteroatoms. The number of hydroxylamine groups is 2. The van der Waals surface area contributed by atoms with Crippen LogP contribution in [0.4, 0.5) is 0 Å². The van der Waals surface area contributed by atoms with Gasteiger partial charge in [0, 0.05) is 7.11 Å². The maximum absolute atomic E-state index is 13.5. The number of ether oxygens (including phenoxy) is 2. The van der Waals surface area contributed by atoms with Crippen molar-refractivity contribution in [3.8, 4) is 0 Å². The first kappa shape index (κ1) is 22.7. The molecular formula is C25H29NO5. The van der Waals surface area contributed by atoms with Gasteiger partial charge in [0.15, 0.2) is 6.79 Å². The van der Waals surface area contributed by atoms with Crippen molar-refractivity contribution in [3.05, 3.63) is 75.5 Å². The minimum Gasteiger partial charge on any atom is -0.424 e. The summed E-state index contributed by atoms with van der Waals surface area (Å²) in [5, 5.41) is 1.23.